The summed E-state index contributed by atoms with van der Waals surface area (Å²) in [6.07, 6.45) is 0. The van der Waals surface area contributed by atoms with Crippen LogP contribution >= 0.6 is 23.4 Å². The Balaban J connectivity index is 1.67. The lowest BCUT2D eigenvalue weighted by Gasteiger charge is -2.21. The Bertz CT molecular complexity index is 1160. The molecule has 0 unspecified atom stereocenters. The summed E-state index contributed by atoms with van der Waals surface area (Å²) in [6.45, 7) is 7.88. The number of aromatic nitrogens is 3. The number of aryl methyl sites for hydroxylation is 2. The number of amides is 2. The van der Waals surface area contributed by atoms with E-state index in [1.165, 1.54) is 11.8 Å². The van der Waals surface area contributed by atoms with Gasteiger partial charge in [-0.3, -0.25) is 9.59 Å². The normalized spacial score (nSPS) is 12.0. The highest BCUT2D eigenvalue weighted by Crippen LogP contribution is 2.25. The number of carbonyl (C=O) groups excluding carboxylic acids is 2. The molecule has 2 amide bonds. The minimum atomic E-state index is -0.324. The first-order valence-electron chi connectivity index (χ1n) is 10.6. The number of nitrogens with zero attached hydrogens (tertiary/aromatic N) is 3. The molecule has 0 aliphatic carbocycles. The Labute approximate surface area is 203 Å². The summed E-state index contributed by atoms with van der Waals surface area (Å²) in [5.74, 6) is 0.601. The molecule has 0 aliphatic rings. The maximum atomic E-state index is 12.8. The molecule has 3 rings (SSSR count). The Morgan fingerprint density at radius 1 is 1.12 bits per heavy atom. The maximum absolute atomic E-state index is 12.8. The van der Waals surface area contributed by atoms with Crippen LogP contribution in [0.4, 0.5) is 5.69 Å². The average Bonchev–Trinajstić information content (AvgIpc) is 3.12. The number of hydrogen-bond donors (Lipinski definition) is 2. The molecule has 0 aliphatic heterocycles. The van der Waals surface area contributed by atoms with Gasteiger partial charge >= 0.3 is 0 Å². The number of anilines is 1. The SMILES string of the molecule is Cc1cccc(C(=O)N[C@H](c2nnc(SCC(=O)Nc3ccc(Cl)cc3C)n2C)C(C)C)c1. The number of carbonyl (C=O) groups is 2. The summed E-state index contributed by atoms with van der Waals surface area (Å²) in [4.78, 5) is 25.2. The van der Waals surface area contributed by atoms with Crippen LogP contribution in [0.5, 0.6) is 0 Å². The van der Waals surface area contributed by atoms with Crippen LogP contribution in [0.3, 0.4) is 0 Å². The number of nitrogens with one attached hydrogen (secondary N) is 2. The van der Waals surface area contributed by atoms with Crippen LogP contribution in [0.25, 0.3) is 0 Å². The summed E-state index contributed by atoms with van der Waals surface area (Å²) < 4.78 is 1.83. The molecule has 174 valence electrons. The lowest BCUT2D eigenvalue weighted by molar-refractivity contribution is -0.113. The molecule has 0 fully saturated rings. The van der Waals surface area contributed by atoms with E-state index >= 15 is 0 Å². The molecule has 33 heavy (non-hydrogen) atoms. The standard InChI is InChI=1S/C24H28ClN5O2S/c1-14(2)21(27-23(32)17-8-6-7-15(3)11-17)22-28-29-24(30(22)5)33-13-20(31)26-19-10-9-18(25)12-16(19)4/h6-12,14,21H,13H2,1-5H3,(H,26,31)(H,27,32)/t21-/m0/s1. The molecule has 0 spiro atoms. The molecule has 1 atom stereocenters. The molecule has 1 aromatic heterocycles. The van der Waals surface area contributed by atoms with Gasteiger partial charge in [-0.25, -0.2) is 0 Å². The van der Waals surface area contributed by atoms with E-state index in [0.29, 0.717) is 21.6 Å². The van der Waals surface area contributed by atoms with E-state index in [4.69, 9.17) is 11.6 Å². The molecule has 9 heteroatoms. The fourth-order valence-electron chi connectivity index (χ4n) is 3.35. The van der Waals surface area contributed by atoms with Gasteiger partial charge in [-0.1, -0.05) is 54.9 Å². The quantitative estimate of drug-likeness (QED) is 0.441. The summed E-state index contributed by atoms with van der Waals surface area (Å²) in [5, 5.41) is 15.8. The number of benzene rings is 2. The molecule has 2 aromatic carbocycles. The maximum Gasteiger partial charge on any atom is 0.251 e. The molecule has 0 radical (unpaired) electrons. The van der Waals surface area contributed by atoms with E-state index < -0.39 is 0 Å². The molecular weight excluding hydrogens is 458 g/mol. The smallest absolute Gasteiger partial charge is 0.251 e. The second-order valence-corrected chi connectivity index (χ2v) is 9.64. The average molecular weight is 486 g/mol. The zero-order valence-corrected chi connectivity index (χ0v) is 20.9. The van der Waals surface area contributed by atoms with Crippen molar-refractivity contribution < 1.29 is 9.59 Å². The van der Waals surface area contributed by atoms with E-state index in [-0.39, 0.29) is 29.5 Å². The second kappa shape index (κ2) is 10.9. The van der Waals surface area contributed by atoms with Crippen LogP contribution in [-0.2, 0) is 11.8 Å². The summed E-state index contributed by atoms with van der Waals surface area (Å²) in [6, 6.07) is 12.5. The van der Waals surface area contributed by atoms with Gasteiger partial charge in [0.2, 0.25) is 5.91 Å². The van der Waals surface area contributed by atoms with Gasteiger partial charge in [0.25, 0.3) is 5.91 Å². The lowest BCUT2D eigenvalue weighted by atomic mass is 10.0. The van der Waals surface area contributed by atoms with Crippen molar-refractivity contribution in [2.75, 3.05) is 11.1 Å². The topological polar surface area (TPSA) is 88.9 Å². The molecule has 0 saturated heterocycles. The van der Waals surface area contributed by atoms with Gasteiger partial charge < -0.3 is 15.2 Å². The molecular formula is C24H28ClN5O2S. The predicted octanol–water partition coefficient (Wildman–Crippen LogP) is 4.94. The van der Waals surface area contributed by atoms with E-state index in [0.717, 1.165) is 16.8 Å². The van der Waals surface area contributed by atoms with Crippen molar-refractivity contribution in [1.82, 2.24) is 20.1 Å². The monoisotopic (exact) mass is 485 g/mol. The Morgan fingerprint density at radius 2 is 1.88 bits per heavy atom. The van der Waals surface area contributed by atoms with E-state index in [1.807, 2.05) is 57.5 Å². The highest BCUT2D eigenvalue weighted by atomic mass is 35.5. The lowest BCUT2D eigenvalue weighted by Crippen LogP contribution is -2.33. The van der Waals surface area contributed by atoms with Crippen molar-refractivity contribution in [3.63, 3.8) is 0 Å². The first-order chi connectivity index (χ1) is 15.7. The van der Waals surface area contributed by atoms with Gasteiger partial charge in [-0.2, -0.15) is 0 Å². The largest absolute Gasteiger partial charge is 0.342 e. The van der Waals surface area contributed by atoms with Crippen LogP contribution < -0.4 is 10.6 Å². The van der Waals surface area contributed by atoms with Crippen LogP contribution in [-0.4, -0.2) is 32.3 Å². The Kier molecular flexibility index (Phi) is 8.15. The second-order valence-electron chi connectivity index (χ2n) is 8.26. The highest BCUT2D eigenvalue weighted by Gasteiger charge is 2.25. The molecule has 7 nitrogen and oxygen atoms in total. The Hall–Kier alpha value is -2.84. The van der Waals surface area contributed by atoms with Crippen molar-refractivity contribution >= 4 is 40.9 Å². The van der Waals surface area contributed by atoms with Crippen LogP contribution in [0.2, 0.25) is 5.02 Å². The minimum absolute atomic E-state index is 0.0932. The van der Waals surface area contributed by atoms with Crippen molar-refractivity contribution in [2.24, 2.45) is 13.0 Å². The zero-order chi connectivity index (χ0) is 24.1. The third-order valence-corrected chi connectivity index (χ3v) is 6.43. The molecule has 3 aromatic rings. The summed E-state index contributed by atoms with van der Waals surface area (Å²) >= 11 is 7.26. The van der Waals surface area contributed by atoms with Crippen molar-refractivity contribution in [3.8, 4) is 0 Å². The van der Waals surface area contributed by atoms with Crippen molar-refractivity contribution in [3.05, 3.63) is 70.0 Å². The molecule has 2 N–H and O–H groups in total. The van der Waals surface area contributed by atoms with E-state index in [9.17, 15) is 9.59 Å². The van der Waals surface area contributed by atoms with Gasteiger partial charge in [0, 0.05) is 23.3 Å². The zero-order valence-electron chi connectivity index (χ0n) is 19.3. The molecule has 1 heterocycles. The first kappa shape index (κ1) is 24.8. The van der Waals surface area contributed by atoms with Crippen LogP contribution in [0, 0.1) is 19.8 Å². The van der Waals surface area contributed by atoms with Crippen LogP contribution in [0.15, 0.2) is 47.6 Å². The minimum Gasteiger partial charge on any atom is -0.342 e. The van der Waals surface area contributed by atoms with E-state index in [2.05, 4.69) is 20.8 Å². The van der Waals surface area contributed by atoms with Gasteiger partial charge in [-0.05, 0) is 55.7 Å². The Morgan fingerprint density at radius 3 is 2.55 bits per heavy atom. The first-order valence-corrected chi connectivity index (χ1v) is 12.0. The third kappa shape index (κ3) is 6.36. The van der Waals surface area contributed by atoms with E-state index in [1.54, 1.807) is 24.3 Å². The van der Waals surface area contributed by atoms with Gasteiger partial charge in [0.1, 0.15) is 0 Å². The third-order valence-electron chi connectivity index (χ3n) is 5.18. The number of thioether (sulfide) groups is 1. The van der Waals surface area contributed by atoms with Gasteiger partial charge in [-0.15, -0.1) is 10.2 Å². The van der Waals surface area contributed by atoms with Gasteiger partial charge in [0.15, 0.2) is 11.0 Å². The fraction of sp³-hybridized carbons (Fsp3) is 0.333. The number of rotatable bonds is 8. The van der Waals surface area contributed by atoms with Crippen LogP contribution in [0.1, 0.15) is 47.2 Å². The number of halogens is 1. The highest BCUT2D eigenvalue weighted by molar-refractivity contribution is 7.99. The van der Waals surface area contributed by atoms with Crippen molar-refractivity contribution in [1.29, 1.82) is 0 Å². The summed E-state index contributed by atoms with van der Waals surface area (Å²) in [7, 11) is 1.84. The summed E-state index contributed by atoms with van der Waals surface area (Å²) in [5.41, 5.74) is 3.24. The van der Waals surface area contributed by atoms with Gasteiger partial charge in [0.05, 0.1) is 11.8 Å². The fourth-order valence-corrected chi connectivity index (χ4v) is 4.29. The number of hydrogen-bond acceptors (Lipinski definition) is 5. The molecule has 0 saturated carbocycles. The molecule has 0 bridgehead atoms. The van der Waals surface area contributed by atoms with Crippen molar-refractivity contribution in [2.45, 2.75) is 38.9 Å². The predicted molar refractivity (Wildman–Crippen MR) is 133 cm³/mol.